The van der Waals surface area contributed by atoms with Crippen LogP contribution in [0.25, 0.3) is 22.2 Å². The smallest absolute Gasteiger partial charge is 0.255 e. The maximum atomic E-state index is 13.7. The molecule has 0 aliphatic carbocycles. The zero-order valence-corrected chi connectivity index (χ0v) is 16.6. The number of hydrogen-bond acceptors (Lipinski definition) is 3. The van der Waals surface area contributed by atoms with Crippen LogP contribution < -0.4 is 0 Å². The van der Waals surface area contributed by atoms with Gasteiger partial charge in [0.05, 0.1) is 16.8 Å². The first-order chi connectivity index (χ1) is 14.1. The summed E-state index contributed by atoms with van der Waals surface area (Å²) in [6.07, 6.45) is 3.44. The van der Waals surface area contributed by atoms with Crippen LogP contribution in [0.2, 0.25) is 0 Å². The van der Waals surface area contributed by atoms with E-state index < -0.39 is 0 Å². The van der Waals surface area contributed by atoms with Crippen molar-refractivity contribution in [1.29, 1.82) is 0 Å². The van der Waals surface area contributed by atoms with Gasteiger partial charge in [-0.1, -0.05) is 60.7 Å². The molecule has 2 aromatic heterocycles. The first-order valence-corrected chi connectivity index (χ1v) is 9.78. The molecule has 4 nitrogen and oxygen atoms in total. The minimum Gasteiger partial charge on any atom is -0.332 e. The molecule has 0 spiro atoms. The van der Waals surface area contributed by atoms with E-state index in [1.54, 1.807) is 12.4 Å². The van der Waals surface area contributed by atoms with Crippen LogP contribution in [0.15, 0.2) is 85.2 Å². The molecule has 2 aromatic carbocycles. The molecule has 0 saturated heterocycles. The standard InChI is InChI=1S/C25H23N3O/c1-18(2)28(17-19-9-5-3-6-10-19)25(29)21-15-24(20-11-7-4-8-12-20)27-23-13-14-26-16-22(21)23/h3-16,18H,17H2,1-2H3. The molecule has 0 bridgehead atoms. The van der Waals surface area contributed by atoms with Gasteiger partial charge < -0.3 is 4.90 Å². The number of benzene rings is 2. The van der Waals surface area contributed by atoms with Gasteiger partial charge in [-0.3, -0.25) is 9.78 Å². The number of carbonyl (C=O) groups excluding carboxylic acids is 1. The van der Waals surface area contributed by atoms with Crippen LogP contribution in [0.3, 0.4) is 0 Å². The molecule has 4 heteroatoms. The third kappa shape index (κ3) is 4.02. The second-order valence-electron chi connectivity index (χ2n) is 7.33. The molecule has 4 aromatic rings. The average molecular weight is 381 g/mol. The Hall–Kier alpha value is -3.53. The summed E-state index contributed by atoms with van der Waals surface area (Å²) in [6.45, 7) is 4.64. The van der Waals surface area contributed by atoms with Crippen LogP contribution in [-0.4, -0.2) is 26.8 Å². The highest BCUT2D eigenvalue weighted by Gasteiger charge is 2.22. The van der Waals surface area contributed by atoms with E-state index in [4.69, 9.17) is 4.98 Å². The summed E-state index contributed by atoms with van der Waals surface area (Å²) in [5.41, 5.74) is 4.28. The molecular formula is C25H23N3O. The minimum absolute atomic E-state index is 0.0126. The molecule has 0 N–H and O–H groups in total. The Balaban J connectivity index is 1.81. The lowest BCUT2D eigenvalue weighted by molar-refractivity contribution is 0.0692. The first kappa shape index (κ1) is 18.8. The summed E-state index contributed by atoms with van der Waals surface area (Å²) < 4.78 is 0. The van der Waals surface area contributed by atoms with E-state index in [9.17, 15) is 4.79 Å². The third-order valence-corrected chi connectivity index (χ3v) is 4.99. The highest BCUT2D eigenvalue weighted by molar-refractivity contribution is 6.07. The Morgan fingerprint density at radius 3 is 2.34 bits per heavy atom. The molecule has 144 valence electrons. The minimum atomic E-state index is -0.0126. The van der Waals surface area contributed by atoms with Crippen molar-refractivity contribution < 1.29 is 4.79 Å². The Labute approximate surface area is 170 Å². The quantitative estimate of drug-likeness (QED) is 0.468. The van der Waals surface area contributed by atoms with Gasteiger partial charge in [-0.25, -0.2) is 4.98 Å². The van der Waals surface area contributed by atoms with E-state index in [0.29, 0.717) is 12.1 Å². The number of hydrogen-bond donors (Lipinski definition) is 0. The first-order valence-electron chi connectivity index (χ1n) is 9.78. The number of amides is 1. The van der Waals surface area contributed by atoms with Crippen molar-refractivity contribution in [2.75, 3.05) is 0 Å². The Morgan fingerprint density at radius 1 is 0.966 bits per heavy atom. The molecule has 0 aliphatic heterocycles. The van der Waals surface area contributed by atoms with Crippen LogP contribution in [0.5, 0.6) is 0 Å². The molecule has 0 aliphatic rings. The van der Waals surface area contributed by atoms with Crippen molar-refractivity contribution >= 4 is 16.8 Å². The zero-order chi connectivity index (χ0) is 20.2. The van der Waals surface area contributed by atoms with Gasteiger partial charge in [0.25, 0.3) is 5.91 Å². The lowest BCUT2D eigenvalue weighted by Crippen LogP contribution is -2.36. The predicted molar refractivity (Wildman–Crippen MR) is 116 cm³/mol. The number of fused-ring (bicyclic) bond motifs is 1. The van der Waals surface area contributed by atoms with Crippen LogP contribution >= 0.6 is 0 Å². The summed E-state index contributed by atoms with van der Waals surface area (Å²) in [5.74, 6) is -0.0126. The van der Waals surface area contributed by atoms with Gasteiger partial charge in [0.15, 0.2) is 0 Å². The summed E-state index contributed by atoms with van der Waals surface area (Å²) in [7, 11) is 0. The lowest BCUT2D eigenvalue weighted by atomic mass is 10.0. The van der Waals surface area contributed by atoms with Crippen LogP contribution in [0.4, 0.5) is 0 Å². The van der Waals surface area contributed by atoms with Gasteiger partial charge in [0.1, 0.15) is 0 Å². The van der Waals surface area contributed by atoms with Crippen molar-refractivity contribution in [2.45, 2.75) is 26.4 Å². The van der Waals surface area contributed by atoms with Crippen molar-refractivity contribution in [3.05, 3.63) is 96.3 Å². The molecule has 0 unspecified atom stereocenters. The van der Waals surface area contributed by atoms with E-state index in [2.05, 4.69) is 4.98 Å². The summed E-state index contributed by atoms with van der Waals surface area (Å²) in [6, 6.07) is 23.8. The molecule has 0 fully saturated rings. The summed E-state index contributed by atoms with van der Waals surface area (Å²) in [4.78, 5) is 24.6. The normalized spacial score (nSPS) is 11.0. The van der Waals surface area contributed by atoms with E-state index in [1.165, 1.54) is 0 Å². The Morgan fingerprint density at radius 2 is 1.66 bits per heavy atom. The molecule has 0 radical (unpaired) electrons. The van der Waals surface area contributed by atoms with Gasteiger partial charge in [-0.2, -0.15) is 0 Å². The fraction of sp³-hybridized carbons (Fsp3) is 0.160. The van der Waals surface area contributed by atoms with E-state index in [0.717, 1.165) is 27.7 Å². The number of nitrogens with zero attached hydrogens (tertiary/aromatic N) is 3. The molecular weight excluding hydrogens is 358 g/mol. The van der Waals surface area contributed by atoms with Gasteiger partial charge in [-0.05, 0) is 31.5 Å². The molecule has 0 atom stereocenters. The van der Waals surface area contributed by atoms with Gasteiger partial charge in [0, 0.05) is 35.9 Å². The summed E-state index contributed by atoms with van der Waals surface area (Å²) >= 11 is 0. The molecule has 1 amide bonds. The number of rotatable bonds is 5. The number of pyridine rings is 2. The van der Waals surface area contributed by atoms with Crippen molar-refractivity contribution in [3.63, 3.8) is 0 Å². The number of aromatic nitrogens is 2. The molecule has 4 rings (SSSR count). The van der Waals surface area contributed by atoms with Crippen LogP contribution in [-0.2, 0) is 6.54 Å². The SMILES string of the molecule is CC(C)N(Cc1ccccc1)C(=O)c1cc(-c2ccccc2)nc2ccncc12. The van der Waals surface area contributed by atoms with E-state index in [-0.39, 0.29) is 11.9 Å². The van der Waals surface area contributed by atoms with Gasteiger partial charge >= 0.3 is 0 Å². The van der Waals surface area contributed by atoms with Gasteiger partial charge in [-0.15, -0.1) is 0 Å². The van der Waals surface area contributed by atoms with Crippen molar-refractivity contribution in [2.24, 2.45) is 0 Å². The van der Waals surface area contributed by atoms with Crippen LogP contribution in [0.1, 0.15) is 29.8 Å². The average Bonchev–Trinajstić information content (AvgIpc) is 2.77. The van der Waals surface area contributed by atoms with Gasteiger partial charge in [0.2, 0.25) is 0 Å². The fourth-order valence-electron chi connectivity index (χ4n) is 3.43. The highest BCUT2D eigenvalue weighted by Crippen LogP contribution is 2.26. The zero-order valence-electron chi connectivity index (χ0n) is 16.6. The Kier molecular flexibility index (Phi) is 5.34. The molecule has 0 saturated carbocycles. The maximum Gasteiger partial charge on any atom is 0.255 e. The van der Waals surface area contributed by atoms with Crippen LogP contribution in [0, 0.1) is 0 Å². The predicted octanol–water partition coefficient (Wildman–Crippen LogP) is 5.35. The van der Waals surface area contributed by atoms with E-state index >= 15 is 0 Å². The largest absolute Gasteiger partial charge is 0.332 e. The third-order valence-electron chi connectivity index (χ3n) is 4.99. The van der Waals surface area contributed by atoms with Crippen molar-refractivity contribution in [1.82, 2.24) is 14.9 Å². The second-order valence-corrected chi connectivity index (χ2v) is 7.33. The fourth-order valence-corrected chi connectivity index (χ4v) is 3.43. The van der Waals surface area contributed by atoms with Crippen molar-refractivity contribution in [3.8, 4) is 11.3 Å². The van der Waals surface area contributed by atoms with E-state index in [1.807, 2.05) is 91.5 Å². The second kappa shape index (κ2) is 8.23. The topological polar surface area (TPSA) is 46.1 Å². The molecule has 29 heavy (non-hydrogen) atoms. The Bertz CT molecular complexity index is 1120. The maximum absolute atomic E-state index is 13.7. The number of carbonyl (C=O) groups is 1. The molecule has 2 heterocycles. The highest BCUT2D eigenvalue weighted by atomic mass is 16.2. The summed E-state index contributed by atoms with van der Waals surface area (Å²) in [5, 5.41) is 0.774. The lowest BCUT2D eigenvalue weighted by Gasteiger charge is -2.27. The monoisotopic (exact) mass is 381 g/mol.